The first-order valence-electron chi connectivity index (χ1n) is 7.99. The lowest BCUT2D eigenvalue weighted by Gasteiger charge is -2.23. The summed E-state index contributed by atoms with van der Waals surface area (Å²) in [4.78, 5) is 12.1. The van der Waals surface area contributed by atoms with Gasteiger partial charge in [0.25, 0.3) is 0 Å². The Kier molecular flexibility index (Phi) is 10.3. The summed E-state index contributed by atoms with van der Waals surface area (Å²) >= 11 is 5.44. The molecule has 130 valence electrons. The van der Waals surface area contributed by atoms with Crippen LogP contribution < -0.4 is 10.6 Å². The SMILES string of the molecule is CCC(CNC(=O)CC1CSCCN1)Cc1cccc(Br)c1.Cl. The summed E-state index contributed by atoms with van der Waals surface area (Å²) in [5.74, 6) is 2.87. The van der Waals surface area contributed by atoms with Crippen LogP contribution in [0.15, 0.2) is 28.7 Å². The topological polar surface area (TPSA) is 41.1 Å². The van der Waals surface area contributed by atoms with E-state index in [4.69, 9.17) is 0 Å². The molecule has 2 rings (SSSR count). The minimum atomic E-state index is 0. The number of hydrogen-bond donors (Lipinski definition) is 2. The molecule has 2 unspecified atom stereocenters. The second kappa shape index (κ2) is 11.3. The van der Waals surface area contributed by atoms with Gasteiger partial charge >= 0.3 is 0 Å². The van der Waals surface area contributed by atoms with Gasteiger partial charge < -0.3 is 10.6 Å². The van der Waals surface area contributed by atoms with Crippen molar-refractivity contribution in [2.24, 2.45) is 5.92 Å². The number of rotatable bonds is 7. The van der Waals surface area contributed by atoms with Crippen molar-refractivity contribution in [3.05, 3.63) is 34.3 Å². The number of thioether (sulfide) groups is 1. The molecule has 0 radical (unpaired) electrons. The summed E-state index contributed by atoms with van der Waals surface area (Å²) in [6.07, 6.45) is 2.68. The third-order valence-electron chi connectivity index (χ3n) is 4.01. The highest BCUT2D eigenvalue weighted by Gasteiger charge is 2.17. The van der Waals surface area contributed by atoms with E-state index < -0.39 is 0 Å². The third kappa shape index (κ3) is 7.92. The first-order chi connectivity index (χ1) is 10.7. The van der Waals surface area contributed by atoms with Gasteiger partial charge in [-0.1, -0.05) is 41.4 Å². The molecule has 1 saturated heterocycles. The van der Waals surface area contributed by atoms with Crippen molar-refractivity contribution in [1.29, 1.82) is 0 Å². The van der Waals surface area contributed by atoms with Crippen LogP contribution in [0.5, 0.6) is 0 Å². The van der Waals surface area contributed by atoms with Gasteiger partial charge in [0.05, 0.1) is 0 Å². The van der Waals surface area contributed by atoms with Gasteiger partial charge in [0.2, 0.25) is 5.91 Å². The molecule has 0 aromatic heterocycles. The molecule has 1 aromatic rings. The van der Waals surface area contributed by atoms with Gasteiger partial charge in [0, 0.05) is 41.5 Å². The molecule has 1 aliphatic rings. The van der Waals surface area contributed by atoms with Gasteiger partial charge in [0.1, 0.15) is 0 Å². The first-order valence-corrected chi connectivity index (χ1v) is 9.94. The maximum absolute atomic E-state index is 12.1. The summed E-state index contributed by atoms with van der Waals surface area (Å²) in [5.41, 5.74) is 1.32. The lowest BCUT2D eigenvalue weighted by molar-refractivity contribution is -0.121. The van der Waals surface area contributed by atoms with Crippen molar-refractivity contribution in [1.82, 2.24) is 10.6 Å². The minimum Gasteiger partial charge on any atom is -0.356 e. The van der Waals surface area contributed by atoms with Gasteiger partial charge in [0.15, 0.2) is 0 Å². The predicted octanol–water partition coefficient (Wildman–Crippen LogP) is 3.65. The third-order valence-corrected chi connectivity index (χ3v) is 5.63. The zero-order valence-corrected chi connectivity index (χ0v) is 16.7. The molecule has 1 aliphatic heterocycles. The van der Waals surface area contributed by atoms with Crippen LogP contribution in [0.4, 0.5) is 0 Å². The average Bonchev–Trinajstić information content (AvgIpc) is 2.52. The van der Waals surface area contributed by atoms with Crippen LogP contribution in [0, 0.1) is 5.92 Å². The molecule has 1 aromatic carbocycles. The van der Waals surface area contributed by atoms with Crippen LogP contribution in [-0.2, 0) is 11.2 Å². The molecule has 3 nitrogen and oxygen atoms in total. The highest BCUT2D eigenvalue weighted by molar-refractivity contribution is 9.10. The first kappa shape index (κ1) is 20.8. The monoisotopic (exact) mass is 420 g/mol. The van der Waals surface area contributed by atoms with E-state index in [1.807, 2.05) is 17.8 Å². The quantitative estimate of drug-likeness (QED) is 0.706. The summed E-state index contributed by atoms with van der Waals surface area (Å²) in [5, 5.41) is 6.53. The average molecular weight is 422 g/mol. The molecule has 2 N–H and O–H groups in total. The van der Waals surface area contributed by atoms with Crippen molar-refractivity contribution in [2.75, 3.05) is 24.6 Å². The maximum atomic E-state index is 12.1. The molecular formula is C17H26BrClN2OS. The zero-order valence-electron chi connectivity index (χ0n) is 13.5. The van der Waals surface area contributed by atoms with E-state index in [2.05, 4.69) is 51.7 Å². The van der Waals surface area contributed by atoms with Crippen molar-refractivity contribution >= 4 is 46.0 Å². The fraction of sp³-hybridized carbons (Fsp3) is 0.588. The van der Waals surface area contributed by atoms with E-state index >= 15 is 0 Å². The number of amides is 1. The maximum Gasteiger partial charge on any atom is 0.221 e. The van der Waals surface area contributed by atoms with E-state index in [0.717, 1.165) is 41.9 Å². The van der Waals surface area contributed by atoms with Gasteiger partial charge in [-0.05, 0) is 30.0 Å². The molecule has 1 heterocycles. The van der Waals surface area contributed by atoms with Gasteiger partial charge in [-0.2, -0.15) is 11.8 Å². The Labute approximate surface area is 158 Å². The number of nitrogens with one attached hydrogen (secondary N) is 2. The molecule has 1 amide bonds. The van der Waals surface area contributed by atoms with Crippen LogP contribution in [0.2, 0.25) is 0 Å². The van der Waals surface area contributed by atoms with Crippen molar-refractivity contribution in [3.63, 3.8) is 0 Å². The van der Waals surface area contributed by atoms with E-state index in [0.29, 0.717) is 18.4 Å². The molecule has 0 saturated carbocycles. The molecule has 0 aliphatic carbocycles. The van der Waals surface area contributed by atoms with Gasteiger partial charge in [-0.15, -0.1) is 12.4 Å². The van der Waals surface area contributed by atoms with E-state index in [-0.39, 0.29) is 18.3 Å². The van der Waals surface area contributed by atoms with Crippen molar-refractivity contribution < 1.29 is 4.79 Å². The Morgan fingerprint density at radius 2 is 2.35 bits per heavy atom. The van der Waals surface area contributed by atoms with Gasteiger partial charge in [-0.3, -0.25) is 4.79 Å². The van der Waals surface area contributed by atoms with E-state index in [9.17, 15) is 4.79 Å². The lowest BCUT2D eigenvalue weighted by Crippen LogP contribution is -2.42. The van der Waals surface area contributed by atoms with Crippen LogP contribution >= 0.6 is 40.1 Å². The molecule has 2 atom stereocenters. The summed E-state index contributed by atoms with van der Waals surface area (Å²) in [6.45, 7) is 3.97. The second-order valence-corrected chi connectivity index (χ2v) is 7.91. The fourth-order valence-electron chi connectivity index (χ4n) is 2.66. The van der Waals surface area contributed by atoms with Crippen molar-refractivity contribution in [2.45, 2.75) is 32.2 Å². The molecule has 23 heavy (non-hydrogen) atoms. The van der Waals surface area contributed by atoms with Crippen molar-refractivity contribution in [3.8, 4) is 0 Å². The smallest absolute Gasteiger partial charge is 0.221 e. The largest absolute Gasteiger partial charge is 0.356 e. The Balaban J connectivity index is 0.00000264. The Morgan fingerprint density at radius 3 is 3.00 bits per heavy atom. The number of hydrogen-bond acceptors (Lipinski definition) is 3. The second-order valence-electron chi connectivity index (χ2n) is 5.84. The molecule has 1 fully saturated rings. The summed E-state index contributed by atoms with van der Waals surface area (Å²) < 4.78 is 1.12. The predicted molar refractivity (Wildman–Crippen MR) is 106 cm³/mol. The number of benzene rings is 1. The molecule has 0 bridgehead atoms. The van der Waals surface area contributed by atoms with Gasteiger partial charge in [-0.25, -0.2) is 0 Å². The summed E-state index contributed by atoms with van der Waals surface area (Å²) in [7, 11) is 0. The molecule has 6 heteroatoms. The normalized spacial score (nSPS) is 18.8. The lowest BCUT2D eigenvalue weighted by atomic mass is 9.97. The zero-order chi connectivity index (χ0) is 15.8. The highest BCUT2D eigenvalue weighted by Crippen LogP contribution is 2.17. The summed E-state index contributed by atoms with van der Waals surface area (Å²) in [6, 6.07) is 8.76. The molecular weight excluding hydrogens is 396 g/mol. The van der Waals surface area contributed by atoms with Crippen LogP contribution in [0.1, 0.15) is 25.3 Å². The molecule has 0 spiro atoms. The number of carbonyl (C=O) groups is 1. The standard InChI is InChI=1S/C17H25BrN2OS.ClH/c1-2-13(8-14-4-3-5-15(18)9-14)11-20-17(21)10-16-12-22-7-6-19-16;/h3-5,9,13,16,19H,2,6-8,10-12H2,1H3,(H,20,21);1H. The van der Waals surface area contributed by atoms with Crippen LogP contribution in [0.3, 0.4) is 0 Å². The number of halogens is 2. The number of carbonyl (C=O) groups excluding carboxylic acids is 1. The highest BCUT2D eigenvalue weighted by atomic mass is 79.9. The van der Waals surface area contributed by atoms with E-state index in [1.54, 1.807) is 0 Å². The minimum absolute atomic E-state index is 0. The van der Waals surface area contributed by atoms with Crippen LogP contribution in [-0.4, -0.2) is 36.5 Å². The Hall–Kier alpha value is -0.230. The van der Waals surface area contributed by atoms with Crippen LogP contribution in [0.25, 0.3) is 0 Å². The Morgan fingerprint density at radius 1 is 1.52 bits per heavy atom. The van der Waals surface area contributed by atoms with E-state index in [1.165, 1.54) is 5.56 Å². The fourth-order valence-corrected chi connectivity index (χ4v) is 4.06. The Bertz CT molecular complexity index is 483.